The molecule has 0 aliphatic heterocycles. The van der Waals surface area contributed by atoms with E-state index >= 15 is 0 Å². The number of hydrogen-bond donors (Lipinski definition) is 1. The molecule has 2 aromatic rings. The summed E-state index contributed by atoms with van der Waals surface area (Å²) in [6, 6.07) is 13.5. The number of nitrogens with zero attached hydrogens (tertiary/aromatic N) is 1. The van der Waals surface area contributed by atoms with Gasteiger partial charge in [0, 0.05) is 11.6 Å². The van der Waals surface area contributed by atoms with Crippen molar-refractivity contribution in [1.29, 1.82) is 5.26 Å². The SMILES string of the molecule is C[C@H](N)c1cccc(OCc2cc(C#N)ccc2F)c1. The van der Waals surface area contributed by atoms with Crippen LogP contribution in [0.2, 0.25) is 0 Å². The molecule has 102 valence electrons. The molecule has 0 heterocycles. The van der Waals surface area contributed by atoms with E-state index in [-0.39, 0.29) is 18.5 Å². The molecule has 2 rings (SSSR count). The molecule has 2 aromatic carbocycles. The van der Waals surface area contributed by atoms with Crippen molar-refractivity contribution in [2.24, 2.45) is 5.73 Å². The molecule has 1 atom stereocenters. The lowest BCUT2D eigenvalue weighted by Gasteiger charge is -2.10. The van der Waals surface area contributed by atoms with Crippen molar-refractivity contribution in [2.45, 2.75) is 19.6 Å². The number of nitrogens with two attached hydrogens (primary N) is 1. The normalized spacial score (nSPS) is 11.7. The second-order valence-corrected chi connectivity index (χ2v) is 4.57. The van der Waals surface area contributed by atoms with Gasteiger partial charge in [0.15, 0.2) is 0 Å². The van der Waals surface area contributed by atoms with Gasteiger partial charge < -0.3 is 10.5 Å². The molecule has 4 heteroatoms. The van der Waals surface area contributed by atoms with E-state index < -0.39 is 0 Å². The second kappa shape index (κ2) is 6.18. The van der Waals surface area contributed by atoms with Crippen LogP contribution in [0.4, 0.5) is 4.39 Å². The Morgan fingerprint density at radius 3 is 2.80 bits per heavy atom. The van der Waals surface area contributed by atoms with Crippen LogP contribution in [-0.2, 0) is 6.61 Å². The Labute approximate surface area is 117 Å². The average molecular weight is 270 g/mol. The minimum Gasteiger partial charge on any atom is -0.489 e. The van der Waals surface area contributed by atoms with Crippen LogP contribution < -0.4 is 10.5 Å². The summed E-state index contributed by atoms with van der Waals surface area (Å²) in [6.07, 6.45) is 0. The van der Waals surface area contributed by atoms with Crippen molar-refractivity contribution in [2.75, 3.05) is 0 Å². The van der Waals surface area contributed by atoms with Crippen LogP contribution in [0.15, 0.2) is 42.5 Å². The highest BCUT2D eigenvalue weighted by Crippen LogP contribution is 2.19. The van der Waals surface area contributed by atoms with Crippen LogP contribution >= 0.6 is 0 Å². The summed E-state index contributed by atoms with van der Waals surface area (Å²) >= 11 is 0. The molecule has 20 heavy (non-hydrogen) atoms. The number of nitriles is 1. The Morgan fingerprint density at radius 2 is 2.10 bits per heavy atom. The van der Waals surface area contributed by atoms with Crippen LogP contribution in [0.25, 0.3) is 0 Å². The minimum absolute atomic E-state index is 0.0732. The smallest absolute Gasteiger partial charge is 0.129 e. The lowest BCUT2D eigenvalue weighted by Crippen LogP contribution is -2.05. The first-order valence-electron chi connectivity index (χ1n) is 6.27. The van der Waals surface area contributed by atoms with Crippen molar-refractivity contribution in [3.8, 4) is 11.8 Å². The Balaban J connectivity index is 2.13. The number of hydrogen-bond acceptors (Lipinski definition) is 3. The van der Waals surface area contributed by atoms with Gasteiger partial charge in [0.05, 0.1) is 11.6 Å². The Bertz CT molecular complexity index is 647. The molecule has 0 radical (unpaired) electrons. The Hall–Kier alpha value is -2.38. The van der Waals surface area contributed by atoms with Gasteiger partial charge in [0.2, 0.25) is 0 Å². The van der Waals surface area contributed by atoms with Crippen molar-refractivity contribution in [3.05, 3.63) is 65.0 Å². The molecule has 0 fully saturated rings. The molecule has 0 saturated heterocycles. The molecule has 0 unspecified atom stereocenters. The van der Waals surface area contributed by atoms with Crippen LogP contribution in [0.5, 0.6) is 5.75 Å². The van der Waals surface area contributed by atoms with Gasteiger partial charge in [-0.2, -0.15) is 5.26 Å². The molecular weight excluding hydrogens is 255 g/mol. The average Bonchev–Trinajstić information content (AvgIpc) is 2.46. The monoisotopic (exact) mass is 270 g/mol. The van der Waals surface area contributed by atoms with E-state index in [1.807, 2.05) is 31.2 Å². The van der Waals surface area contributed by atoms with E-state index in [1.165, 1.54) is 18.2 Å². The van der Waals surface area contributed by atoms with Gasteiger partial charge in [0.25, 0.3) is 0 Å². The third kappa shape index (κ3) is 3.34. The summed E-state index contributed by atoms with van der Waals surface area (Å²) in [5, 5.41) is 8.81. The van der Waals surface area contributed by atoms with Crippen molar-refractivity contribution < 1.29 is 9.13 Å². The lowest BCUT2D eigenvalue weighted by atomic mass is 10.1. The summed E-state index contributed by atoms with van der Waals surface area (Å²) in [5.74, 6) is 0.244. The fourth-order valence-corrected chi connectivity index (χ4v) is 1.80. The summed E-state index contributed by atoms with van der Waals surface area (Å²) in [7, 11) is 0. The minimum atomic E-state index is -0.382. The van der Waals surface area contributed by atoms with Crippen molar-refractivity contribution in [1.82, 2.24) is 0 Å². The van der Waals surface area contributed by atoms with Crippen molar-refractivity contribution >= 4 is 0 Å². The first-order chi connectivity index (χ1) is 9.60. The molecule has 0 bridgehead atoms. The van der Waals surface area contributed by atoms with E-state index in [4.69, 9.17) is 15.7 Å². The fraction of sp³-hybridized carbons (Fsp3) is 0.188. The van der Waals surface area contributed by atoms with Gasteiger partial charge in [0.1, 0.15) is 18.2 Å². The zero-order valence-electron chi connectivity index (χ0n) is 11.1. The largest absolute Gasteiger partial charge is 0.489 e. The number of benzene rings is 2. The highest BCUT2D eigenvalue weighted by molar-refractivity contribution is 5.34. The third-order valence-electron chi connectivity index (χ3n) is 2.95. The topological polar surface area (TPSA) is 59.0 Å². The molecule has 0 aliphatic rings. The summed E-state index contributed by atoms with van der Waals surface area (Å²) in [6.45, 7) is 1.96. The molecule has 0 amide bonds. The summed E-state index contributed by atoms with van der Waals surface area (Å²) < 4.78 is 19.2. The number of ether oxygens (including phenoxy) is 1. The predicted molar refractivity (Wildman–Crippen MR) is 74.5 cm³/mol. The van der Waals surface area contributed by atoms with Gasteiger partial charge in [-0.05, 0) is 42.8 Å². The maximum atomic E-state index is 13.6. The molecular formula is C16H15FN2O. The van der Waals surface area contributed by atoms with Crippen LogP contribution in [-0.4, -0.2) is 0 Å². The van der Waals surface area contributed by atoms with Crippen LogP contribution in [0, 0.1) is 17.1 Å². The van der Waals surface area contributed by atoms with E-state index in [9.17, 15) is 4.39 Å². The van der Waals surface area contributed by atoms with Gasteiger partial charge in [-0.3, -0.25) is 0 Å². The van der Waals surface area contributed by atoms with Crippen molar-refractivity contribution in [3.63, 3.8) is 0 Å². The lowest BCUT2D eigenvalue weighted by molar-refractivity contribution is 0.299. The number of halogens is 1. The highest BCUT2D eigenvalue weighted by atomic mass is 19.1. The predicted octanol–water partition coefficient (Wildman–Crippen LogP) is 3.30. The van der Waals surface area contributed by atoms with Crippen LogP contribution in [0.3, 0.4) is 0 Å². The third-order valence-corrected chi connectivity index (χ3v) is 2.95. The van der Waals surface area contributed by atoms with E-state index in [0.717, 1.165) is 5.56 Å². The van der Waals surface area contributed by atoms with E-state index in [1.54, 1.807) is 6.07 Å². The molecule has 0 aliphatic carbocycles. The maximum Gasteiger partial charge on any atom is 0.129 e. The molecule has 0 aromatic heterocycles. The highest BCUT2D eigenvalue weighted by Gasteiger charge is 2.06. The Kier molecular flexibility index (Phi) is 4.34. The van der Waals surface area contributed by atoms with Gasteiger partial charge >= 0.3 is 0 Å². The summed E-state index contributed by atoms with van der Waals surface area (Å²) in [4.78, 5) is 0. The Morgan fingerprint density at radius 1 is 1.30 bits per heavy atom. The maximum absolute atomic E-state index is 13.6. The van der Waals surface area contributed by atoms with Gasteiger partial charge in [-0.15, -0.1) is 0 Å². The van der Waals surface area contributed by atoms with E-state index in [0.29, 0.717) is 16.9 Å². The first-order valence-corrected chi connectivity index (χ1v) is 6.27. The molecule has 0 spiro atoms. The second-order valence-electron chi connectivity index (χ2n) is 4.57. The zero-order chi connectivity index (χ0) is 14.5. The zero-order valence-corrected chi connectivity index (χ0v) is 11.1. The summed E-state index contributed by atoms with van der Waals surface area (Å²) in [5.41, 5.74) is 7.52. The quantitative estimate of drug-likeness (QED) is 0.927. The number of rotatable bonds is 4. The fourth-order valence-electron chi connectivity index (χ4n) is 1.80. The van der Waals surface area contributed by atoms with E-state index in [2.05, 4.69) is 0 Å². The molecule has 0 saturated carbocycles. The van der Waals surface area contributed by atoms with Gasteiger partial charge in [-0.1, -0.05) is 12.1 Å². The first kappa shape index (κ1) is 14.0. The standard InChI is InChI=1S/C16H15FN2O/c1-11(19)13-3-2-4-15(8-13)20-10-14-7-12(9-18)5-6-16(14)17/h2-8,11H,10,19H2,1H3/t11-/m0/s1. The molecule has 2 N–H and O–H groups in total. The van der Waals surface area contributed by atoms with Crippen LogP contribution in [0.1, 0.15) is 29.7 Å². The molecule has 3 nitrogen and oxygen atoms in total. The van der Waals surface area contributed by atoms with Gasteiger partial charge in [-0.25, -0.2) is 4.39 Å².